The minimum Gasteiger partial charge on any atom is -0.465 e. The lowest BCUT2D eigenvalue weighted by molar-refractivity contribution is -0.213. The van der Waals surface area contributed by atoms with Crippen LogP contribution in [0.5, 0.6) is 0 Å². The number of ketones is 1. The number of Topliss-reactive ketones (excluding diaryl/α,β-unsaturated/α-hetero) is 1. The SMILES string of the molecule is CCOC(=O)[C@]12CCC(C)(C)C=C1[C@H]1CC[C@@H]3[C@@]4(C)CCC(=O)C(C)(C)[C@@H]4CC[C@@]3(C)[C@]1(C)CC2. The van der Waals surface area contributed by atoms with Gasteiger partial charge in [-0.05, 0) is 104 Å². The van der Waals surface area contributed by atoms with E-state index < -0.39 is 5.41 Å². The van der Waals surface area contributed by atoms with Crippen LogP contribution in [0.3, 0.4) is 0 Å². The van der Waals surface area contributed by atoms with Gasteiger partial charge in [-0.1, -0.05) is 60.1 Å². The smallest absolute Gasteiger partial charge is 0.316 e. The molecule has 35 heavy (non-hydrogen) atoms. The van der Waals surface area contributed by atoms with Gasteiger partial charge in [-0.3, -0.25) is 9.59 Å². The molecule has 0 radical (unpaired) electrons. The number of allylic oxidation sites excluding steroid dienone is 1. The van der Waals surface area contributed by atoms with Crippen molar-refractivity contribution >= 4 is 11.8 Å². The Bertz CT molecular complexity index is 958. The first kappa shape index (κ1) is 25.5. The van der Waals surface area contributed by atoms with Gasteiger partial charge in [0.25, 0.3) is 0 Å². The number of hydrogen-bond acceptors (Lipinski definition) is 3. The molecule has 0 saturated heterocycles. The van der Waals surface area contributed by atoms with Gasteiger partial charge in [-0.15, -0.1) is 0 Å². The van der Waals surface area contributed by atoms with Crippen LogP contribution in [0.4, 0.5) is 0 Å². The molecule has 0 aromatic carbocycles. The molecule has 3 heteroatoms. The minimum absolute atomic E-state index is 0.0410. The second kappa shape index (κ2) is 7.70. The number of hydrogen-bond donors (Lipinski definition) is 0. The molecule has 0 heterocycles. The molecule has 196 valence electrons. The van der Waals surface area contributed by atoms with Crippen LogP contribution in [0, 0.1) is 50.2 Å². The summed E-state index contributed by atoms with van der Waals surface area (Å²) >= 11 is 0. The van der Waals surface area contributed by atoms with Crippen LogP contribution >= 0.6 is 0 Å². The van der Waals surface area contributed by atoms with Gasteiger partial charge in [-0.2, -0.15) is 0 Å². The topological polar surface area (TPSA) is 43.4 Å². The van der Waals surface area contributed by atoms with Gasteiger partial charge in [0.05, 0.1) is 12.0 Å². The highest BCUT2D eigenvalue weighted by molar-refractivity contribution is 5.85. The van der Waals surface area contributed by atoms with E-state index in [0.29, 0.717) is 30.1 Å². The molecule has 7 atom stereocenters. The van der Waals surface area contributed by atoms with Gasteiger partial charge >= 0.3 is 5.97 Å². The number of ether oxygens (including phenoxy) is 1. The first-order valence-corrected chi connectivity index (χ1v) is 14.6. The van der Waals surface area contributed by atoms with Crippen LogP contribution in [-0.2, 0) is 14.3 Å². The normalized spacial score (nSPS) is 47.9. The molecular weight excluding hydrogens is 432 g/mol. The van der Waals surface area contributed by atoms with Gasteiger partial charge in [0.15, 0.2) is 0 Å². The van der Waals surface area contributed by atoms with Crippen LogP contribution in [0.25, 0.3) is 0 Å². The molecule has 0 spiro atoms. The van der Waals surface area contributed by atoms with E-state index in [-0.39, 0.29) is 33.0 Å². The summed E-state index contributed by atoms with van der Waals surface area (Å²) in [6, 6.07) is 0. The van der Waals surface area contributed by atoms with Gasteiger partial charge in [0.2, 0.25) is 0 Å². The van der Waals surface area contributed by atoms with Crippen molar-refractivity contribution in [2.24, 2.45) is 50.2 Å². The second-order valence-electron chi connectivity index (χ2n) is 15.2. The van der Waals surface area contributed by atoms with Gasteiger partial charge in [0, 0.05) is 11.8 Å². The quantitative estimate of drug-likeness (QED) is 0.296. The highest BCUT2D eigenvalue weighted by Gasteiger charge is 2.70. The lowest BCUT2D eigenvalue weighted by Crippen LogP contribution is -2.65. The van der Waals surface area contributed by atoms with Gasteiger partial charge in [0.1, 0.15) is 5.78 Å². The third-order valence-electron chi connectivity index (χ3n) is 13.0. The first-order chi connectivity index (χ1) is 16.2. The Morgan fingerprint density at radius 2 is 1.54 bits per heavy atom. The van der Waals surface area contributed by atoms with Gasteiger partial charge < -0.3 is 4.74 Å². The standard InChI is InChI=1S/C32H50O3/c1-9-35-26(34)32-18-16-27(2,3)20-22(32)21-10-11-24-29(6)14-13-25(33)28(4,5)23(29)12-15-31(24,8)30(21,7)17-19-32/h20-21,23-24H,9-19H2,1-8H3/t21-,23+,24-,29+,30-,31-,32+/m1/s1. The zero-order chi connectivity index (χ0) is 25.7. The Morgan fingerprint density at radius 1 is 0.857 bits per heavy atom. The summed E-state index contributed by atoms with van der Waals surface area (Å²) in [5.74, 6) is 2.12. The summed E-state index contributed by atoms with van der Waals surface area (Å²) in [5, 5.41) is 0. The zero-order valence-corrected chi connectivity index (χ0v) is 23.8. The summed E-state index contributed by atoms with van der Waals surface area (Å²) in [4.78, 5) is 26.5. The molecule has 0 aromatic rings. The molecule has 0 bridgehead atoms. The average molecular weight is 483 g/mol. The van der Waals surface area contributed by atoms with Crippen molar-refractivity contribution in [2.45, 2.75) is 120 Å². The van der Waals surface area contributed by atoms with Crippen molar-refractivity contribution in [1.82, 2.24) is 0 Å². The Kier molecular flexibility index (Phi) is 5.62. The van der Waals surface area contributed by atoms with Crippen molar-refractivity contribution in [1.29, 1.82) is 0 Å². The maximum atomic E-state index is 13.6. The van der Waals surface area contributed by atoms with Crippen molar-refractivity contribution in [3.05, 3.63) is 11.6 Å². The summed E-state index contributed by atoms with van der Waals surface area (Å²) < 4.78 is 5.76. The van der Waals surface area contributed by atoms with E-state index in [9.17, 15) is 9.59 Å². The van der Waals surface area contributed by atoms with E-state index in [0.717, 1.165) is 44.9 Å². The first-order valence-electron chi connectivity index (χ1n) is 14.6. The van der Waals surface area contributed by atoms with E-state index in [1.54, 1.807) is 0 Å². The molecule has 0 amide bonds. The molecule has 4 fully saturated rings. The monoisotopic (exact) mass is 482 g/mol. The molecule has 5 aliphatic rings. The van der Waals surface area contributed by atoms with E-state index in [1.165, 1.54) is 24.8 Å². The molecule has 0 aromatic heterocycles. The summed E-state index contributed by atoms with van der Waals surface area (Å²) in [6.45, 7) is 19.3. The molecule has 3 nitrogen and oxygen atoms in total. The Labute approximate surface area is 214 Å². The summed E-state index contributed by atoms with van der Waals surface area (Å²) in [5.41, 5.74) is 1.62. The number of carbonyl (C=O) groups is 2. The molecule has 4 saturated carbocycles. The Balaban J connectivity index is 1.57. The maximum Gasteiger partial charge on any atom is 0.316 e. The van der Waals surface area contributed by atoms with Crippen LogP contribution in [0.2, 0.25) is 0 Å². The Morgan fingerprint density at radius 3 is 2.23 bits per heavy atom. The molecule has 0 N–H and O–H groups in total. The van der Waals surface area contributed by atoms with Gasteiger partial charge in [-0.25, -0.2) is 0 Å². The average Bonchev–Trinajstić information content (AvgIpc) is 2.77. The fraction of sp³-hybridized carbons (Fsp3) is 0.875. The van der Waals surface area contributed by atoms with Crippen molar-refractivity contribution < 1.29 is 14.3 Å². The number of esters is 1. The van der Waals surface area contributed by atoms with Crippen LogP contribution < -0.4 is 0 Å². The molecule has 5 aliphatic carbocycles. The second-order valence-corrected chi connectivity index (χ2v) is 15.2. The lowest BCUT2D eigenvalue weighted by atomic mass is 9.32. The van der Waals surface area contributed by atoms with Crippen LogP contribution in [-0.4, -0.2) is 18.4 Å². The van der Waals surface area contributed by atoms with Crippen molar-refractivity contribution in [3.63, 3.8) is 0 Å². The predicted molar refractivity (Wildman–Crippen MR) is 141 cm³/mol. The third kappa shape index (κ3) is 3.21. The molecular formula is C32H50O3. The maximum absolute atomic E-state index is 13.6. The summed E-state index contributed by atoms with van der Waals surface area (Å²) in [6.07, 6.45) is 13.2. The van der Waals surface area contributed by atoms with E-state index in [1.807, 2.05) is 6.92 Å². The van der Waals surface area contributed by atoms with Crippen molar-refractivity contribution in [3.8, 4) is 0 Å². The van der Waals surface area contributed by atoms with E-state index in [2.05, 4.69) is 54.5 Å². The fourth-order valence-electron chi connectivity index (χ4n) is 10.8. The highest BCUT2D eigenvalue weighted by atomic mass is 16.5. The number of fused-ring (bicyclic) bond motifs is 7. The van der Waals surface area contributed by atoms with Crippen LogP contribution in [0.1, 0.15) is 120 Å². The van der Waals surface area contributed by atoms with E-state index in [4.69, 9.17) is 4.74 Å². The molecule has 0 aliphatic heterocycles. The lowest BCUT2D eigenvalue weighted by Gasteiger charge is -2.71. The molecule has 0 unspecified atom stereocenters. The van der Waals surface area contributed by atoms with Crippen molar-refractivity contribution in [2.75, 3.05) is 6.61 Å². The number of rotatable bonds is 2. The summed E-state index contributed by atoms with van der Waals surface area (Å²) in [7, 11) is 0. The minimum atomic E-state index is -0.404. The zero-order valence-electron chi connectivity index (χ0n) is 23.8. The number of carbonyl (C=O) groups excluding carboxylic acids is 2. The predicted octanol–water partition coefficient (Wildman–Crippen LogP) is 7.92. The van der Waals surface area contributed by atoms with E-state index >= 15 is 0 Å². The Hall–Kier alpha value is -1.12. The highest BCUT2D eigenvalue weighted by Crippen LogP contribution is 2.76. The largest absolute Gasteiger partial charge is 0.465 e. The third-order valence-corrected chi connectivity index (χ3v) is 13.0. The fourth-order valence-corrected chi connectivity index (χ4v) is 10.8. The molecule has 5 rings (SSSR count). The van der Waals surface area contributed by atoms with Crippen LogP contribution in [0.15, 0.2) is 11.6 Å².